The molecule has 3 aromatic rings. The third-order valence-electron chi connectivity index (χ3n) is 4.78. The van der Waals surface area contributed by atoms with Crippen LogP contribution in [0.15, 0.2) is 47.4 Å². The molecule has 2 aromatic heterocycles. The summed E-state index contributed by atoms with van der Waals surface area (Å²) in [6.07, 6.45) is -4.20. The van der Waals surface area contributed by atoms with Gasteiger partial charge in [-0.2, -0.15) is 18.4 Å². The standard InChI is InChI=1S/C21H16ClF3N4O2/c1-12-13(2)29(15-6-4-3-5-7-15)19(16(12)9-26)27-18(30)11-28-10-14(21(23,24)25)8-17(22)20(28)31/h3-8,10H,11H2,1-2H3,(H,27,30). The number of hydrogen-bond donors (Lipinski definition) is 1. The second-order valence-electron chi connectivity index (χ2n) is 6.77. The van der Waals surface area contributed by atoms with E-state index in [0.717, 1.165) is 0 Å². The Bertz CT molecular complexity index is 1250. The number of aromatic nitrogens is 2. The number of pyridine rings is 1. The molecule has 0 spiro atoms. The summed E-state index contributed by atoms with van der Waals surface area (Å²) in [5, 5.41) is 11.5. The van der Waals surface area contributed by atoms with Gasteiger partial charge >= 0.3 is 6.18 Å². The molecule has 10 heteroatoms. The zero-order valence-electron chi connectivity index (χ0n) is 16.4. The van der Waals surface area contributed by atoms with Gasteiger partial charge in [-0.1, -0.05) is 29.8 Å². The highest BCUT2D eigenvalue weighted by molar-refractivity contribution is 6.30. The lowest BCUT2D eigenvalue weighted by Crippen LogP contribution is -2.29. The zero-order valence-corrected chi connectivity index (χ0v) is 17.2. The quantitative estimate of drug-likeness (QED) is 0.641. The second-order valence-corrected chi connectivity index (χ2v) is 7.18. The van der Waals surface area contributed by atoms with Crippen molar-refractivity contribution in [1.29, 1.82) is 5.26 Å². The molecular weight excluding hydrogens is 433 g/mol. The van der Waals surface area contributed by atoms with Gasteiger partial charge in [0.2, 0.25) is 5.91 Å². The molecule has 0 radical (unpaired) electrons. The molecule has 0 aliphatic carbocycles. The van der Waals surface area contributed by atoms with Crippen LogP contribution in [-0.2, 0) is 17.5 Å². The topological polar surface area (TPSA) is 79.8 Å². The van der Waals surface area contributed by atoms with Crippen molar-refractivity contribution in [3.8, 4) is 11.8 Å². The van der Waals surface area contributed by atoms with E-state index in [4.69, 9.17) is 11.6 Å². The lowest BCUT2D eigenvalue weighted by molar-refractivity contribution is -0.138. The molecule has 1 N–H and O–H groups in total. The Balaban J connectivity index is 2.01. The smallest absolute Gasteiger partial charge is 0.309 e. The number of anilines is 1. The van der Waals surface area contributed by atoms with Crippen molar-refractivity contribution < 1.29 is 18.0 Å². The van der Waals surface area contributed by atoms with E-state index >= 15 is 0 Å². The molecule has 0 bridgehead atoms. The molecule has 0 atom stereocenters. The Morgan fingerprint density at radius 2 is 1.87 bits per heavy atom. The Morgan fingerprint density at radius 3 is 2.45 bits per heavy atom. The van der Waals surface area contributed by atoms with Crippen LogP contribution in [0.5, 0.6) is 0 Å². The number of halogens is 4. The summed E-state index contributed by atoms with van der Waals surface area (Å²) in [7, 11) is 0. The highest BCUT2D eigenvalue weighted by Crippen LogP contribution is 2.31. The first kappa shape index (κ1) is 22.2. The largest absolute Gasteiger partial charge is 0.417 e. The summed E-state index contributed by atoms with van der Waals surface area (Å²) in [5.41, 5.74) is 0.152. The van der Waals surface area contributed by atoms with Gasteiger partial charge < -0.3 is 9.88 Å². The minimum absolute atomic E-state index is 0.167. The van der Waals surface area contributed by atoms with Crippen molar-refractivity contribution in [2.24, 2.45) is 0 Å². The number of nitrogens with one attached hydrogen (secondary N) is 1. The fraction of sp³-hybridized carbons (Fsp3) is 0.190. The number of hydrogen-bond acceptors (Lipinski definition) is 3. The molecule has 160 valence electrons. The predicted octanol–water partition coefficient (Wildman–Crippen LogP) is 4.44. The van der Waals surface area contributed by atoms with E-state index in [1.165, 1.54) is 0 Å². The average Bonchev–Trinajstić information content (AvgIpc) is 2.94. The van der Waals surface area contributed by atoms with Crippen molar-refractivity contribution in [3.63, 3.8) is 0 Å². The van der Waals surface area contributed by atoms with Crippen LogP contribution in [0, 0.1) is 25.2 Å². The number of nitriles is 1. The van der Waals surface area contributed by atoms with E-state index in [1.54, 1.807) is 42.7 Å². The molecule has 1 aromatic carbocycles. The van der Waals surface area contributed by atoms with Crippen LogP contribution in [-0.4, -0.2) is 15.0 Å². The molecule has 0 aliphatic rings. The van der Waals surface area contributed by atoms with E-state index in [0.29, 0.717) is 33.8 Å². The number of carbonyl (C=O) groups excluding carboxylic acids is 1. The van der Waals surface area contributed by atoms with Gasteiger partial charge in [0.1, 0.15) is 23.5 Å². The highest BCUT2D eigenvalue weighted by atomic mass is 35.5. The molecule has 1 amide bonds. The summed E-state index contributed by atoms with van der Waals surface area (Å²) in [4.78, 5) is 24.8. The molecular formula is C21H16ClF3N4O2. The van der Waals surface area contributed by atoms with E-state index < -0.39 is 34.8 Å². The first-order valence-corrected chi connectivity index (χ1v) is 9.36. The Kier molecular flexibility index (Phi) is 5.95. The van der Waals surface area contributed by atoms with Crippen molar-refractivity contribution in [1.82, 2.24) is 9.13 Å². The number of para-hydroxylation sites is 1. The number of alkyl halides is 3. The molecule has 6 nitrogen and oxygen atoms in total. The van der Waals surface area contributed by atoms with E-state index in [-0.39, 0.29) is 11.4 Å². The van der Waals surface area contributed by atoms with Crippen LogP contribution in [0.25, 0.3) is 5.69 Å². The SMILES string of the molecule is Cc1c(C#N)c(NC(=O)Cn2cc(C(F)(F)F)cc(Cl)c2=O)n(-c2ccccc2)c1C. The molecule has 3 rings (SSSR count). The summed E-state index contributed by atoms with van der Waals surface area (Å²) >= 11 is 5.63. The normalized spacial score (nSPS) is 11.3. The third-order valence-corrected chi connectivity index (χ3v) is 5.05. The van der Waals surface area contributed by atoms with Gasteiger partial charge in [0.15, 0.2) is 0 Å². The first-order valence-electron chi connectivity index (χ1n) is 8.99. The molecule has 0 saturated heterocycles. The van der Waals surface area contributed by atoms with Crippen LogP contribution in [0.3, 0.4) is 0 Å². The fourth-order valence-corrected chi connectivity index (χ4v) is 3.38. The van der Waals surface area contributed by atoms with E-state index in [9.17, 15) is 28.0 Å². The van der Waals surface area contributed by atoms with Gasteiger partial charge in [0.05, 0.1) is 11.1 Å². The molecule has 2 heterocycles. The monoisotopic (exact) mass is 448 g/mol. The van der Waals surface area contributed by atoms with Crippen molar-refractivity contribution in [2.75, 3.05) is 5.32 Å². The number of carbonyl (C=O) groups is 1. The molecule has 0 aliphatic heterocycles. The maximum Gasteiger partial charge on any atom is 0.417 e. The lowest BCUT2D eigenvalue weighted by atomic mass is 10.2. The van der Waals surface area contributed by atoms with Crippen molar-refractivity contribution in [3.05, 3.63) is 80.4 Å². The third kappa shape index (κ3) is 4.34. The maximum absolute atomic E-state index is 13.0. The Hall–Kier alpha value is -3.51. The summed E-state index contributed by atoms with van der Waals surface area (Å²) in [6.45, 7) is 2.78. The van der Waals surface area contributed by atoms with Gasteiger partial charge in [0, 0.05) is 17.6 Å². The maximum atomic E-state index is 13.0. The van der Waals surface area contributed by atoms with Gasteiger partial charge in [-0.25, -0.2) is 0 Å². The molecule has 31 heavy (non-hydrogen) atoms. The average molecular weight is 449 g/mol. The Morgan fingerprint density at radius 1 is 1.23 bits per heavy atom. The van der Waals surface area contributed by atoms with E-state index in [2.05, 4.69) is 5.32 Å². The first-order chi connectivity index (χ1) is 14.5. The zero-order chi connectivity index (χ0) is 22.9. The highest BCUT2D eigenvalue weighted by Gasteiger charge is 2.32. The molecule has 0 saturated carbocycles. The van der Waals surface area contributed by atoms with Gasteiger partial charge in [-0.3, -0.25) is 14.2 Å². The number of nitrogens with zero attached hydrogens (tertiary/aromatic N) is 3. The minimum Gasteiger partial charge on any atom is -0.309 e. The minimum atomic E-state index is -4.74. The summed E-state index contributed by atoms with van der Waals surface area (Å²) < 4.78 is 41.4. The van der Waals surface area contributed by atoms with Crippen LogP contribution >= 0.6 is 11.6 Å². The lowest BCUT2D eigenvalue weighted by Gasteiger charge is -2.15. The number of benzene rings is 1. The van der Waals surface area contributed by atoms with Crippen molar-refractivity contribution >= 4 is 23.3 Å². The number of amides is 1. The molecule has 0 fully saturated rings. The summed E-state index contributed by atoms with van der Waals surface area (Å²) in [5.74, 6) is -0.622. The molecule has 0 unspecified atom stereocenters. The van der Waals surface area contributed by atoms with Crippen LogP contribution in [0.1, 0.15) is 22.4 Å². The van der Waals surface area contributed by atoms with Crippen LogP contribution in [0.2, 0.25) is 5.02 Å². The van der Waals surface area contributed by atoms with Crippen LogP contribution in [0.4, 0.5) is 19.0 Å². The van der Waals surface area contributed by atoms with E-state index in [1.807, 2.05) is 12.1 Å². The summed E-state index contributed by atoms with van der Waals surface area (Å²) in [6, 6.07) is 11.5. The number of rotatable bonds is 4. The second kappa shape index (κ2) is 8.32. The van der Waals surface area contributed by atoms with Crippen molar-refractivity contribution in [2.45, 2.75) is 26.6 Å². The van der Waals surface area contributed by atoms with Gasteiger partial charge in [-0.15, -0.1) is 0 Å². The Labute approximate surface area is 180 Å². The van der Waals surface area contributed by atoms with Gasteiger partial charge in [0.25, 0.3) is 5.56 Å². The fourth-order valence-electron chi connectivity index (χ4n) is 3.16. The van der Waals surface area contributed by atoms with Crippen LogP contribution < -0.4 is 10.9 Å². The predicted molar refractivity (Wildman–Crippen MR) is 109 cm³/mol. The van der Waals surface area contributed by atoms with Gasteiger partial charge in [-0.05, 0) is 37.6 Å².